The van der Waals surface area contributed by atoms with E-state index >= 15 is 0 Å². The Morgan fingerprint density at radius 2 is 1.97 bits per heavy atom. The maximum atomic E-state index is 13.5. The van der Waals surface area contributed by atoms with Gasteiger partial charge in [-0.05, 0) is 83.1 Å². The van der Waals surface area contributed by atoms with Gasteiger partial charge >= 0.3 is 0 Å². The van der Waals surface area contributed by atoms with Gasteiger partial charge in [-0.2, -0.15) is 0 Å². The second kappa shape index (κ2) is 9.11. The van der Waals surface area contributed by atoms with Crippen molar-refractivity contribution in [3.05, 3.63) is 96.1 Å². The van der Waals surface area contributed by atoms with Crippen LogP contribution >= 0.6 is 33.9 Å². The Labute approximate surface area is 206 Å². The van der Waals surface area contributed by atoms with Crippen LogP contribution in [0.1, 0.15) is 18.1 Å². The largest absolute Gasteiger partial charge is 0.490 e. The van der Waals surface area contributed by atoms with E-state index in [1.54, 1.807) is 10.5 Å². The molecule has 2 aromatic heterocycles. The maximum Gasteiger partial charge on any atom is 0.274 e. The Kier molecular flexibility index (Phi) is 6.03. The second-order valence-electron chi connectivity index (χ2n) is 7.32. The molecule has 5 rings (SSSR count). The molecular weight excluding hydrogens is 554 g/mol. The van der Waals surface area contributed by atoms with Crippen LogP contribution in [0, 0.1) is 9.39 Å². The van der Waals surface area contributed by atoms with Gasteiger partial charge in [0.25, 0.3) is 5.56 Å². The normalized spacial score (nSPS) is 12.0. The van der Waals surface area contributed by atoms with Crippen LogP contribution in [0.2, 0.25) is 0 Å². The van der Waals surface area contributed by atoms with Gasteiger partial charge in [0, 0.05) is 0 Å². The Morgan fingerprint density at radius 1 is 1.12 bits per heavy atom. The number of imidazole rings is 1. The van der Waals surface area contributed by atoms with Gasteiger partial charge in [0.2, 0.25) is 0 Å². The predicted molar refractivity (Wildman–Crippen MR) is 137 cm³/mol. The van der Waals surface area contributed by atoms with Crippen molar-refractivity contribution in [3.63, 3.8) is 0 Å². The van der Waals surface area contributed by atoms with Gasteiger partial charge in [-0.3, -0.25) is 4.79 Å². The molecule has 166 valence electrons. The van der Waals surface area contributed by atoms with Crippen molar-refractivity contribution in [1.82, 2.24) is 9.38 Å². The SMILES string of the molecule is CCOc1cc(/C=c2\sc3nc4ccccc4n3c2=O)cc(I)c1OCc1cccc(F)c1. The number of fused-ring (bicyclic) bond motifs is 3. The minimum atomic E-state index is -0.302. The van der Waals surface area contributed by atoms with E-state index in [1.165, 1.54) is 23.5 Å². The van der Waals surface area contributed by atoms with E-state index in [1.807, 2.05) is 55.5 Å². The van der Waals surface area contributed by atoms with E-state index in [-0.39, 0.29) is 18.0 Å². The molecule has 0 spiro atoms. The third kappa shape index (κ3) is 4.32. The summed E-state index contributed by atoms with van der Waals surface area (Å²) < 4.78 is 28.4. The Hall–Kier alpha value is -2.98. The fourth-order valence-electron chi connectivity index (χ4n) is 3.62. The fraction of sp³-hybridized carbons (Fsp3) is 0.120. The topological polar surface area (TPSA) is 52.8 Å². The Balaban J connectivity index is 1.53. The van der Waals surface area contributed by atoms with E-state index in [0.717, 1.165) is 25.7 Å². The zero-order valence-electron chi connectivity index (χ0n) is 17.5. The quantitative estimate of drug-likeness (QED) is 0.264. The van der Waals surface area contributed by atoms with Crippen LogP contribution in [-0.2, 0) is 6.61 Å². The zero-order valence-corrected chi connectivity index (χ0v) is 20.5. The molecular formula is C25H18FIN2O3S. The number of para-hydroxylation sites is 2. The molecule has 5 aromatic rings. The molecule has 0 aliphatic carbocycles. The number of ether oxygens (including phenoxy) is 2. The van der Waals surface area contributed by atoms with Crippen LogP contribution in [-0.4, -0.2) is 16.0 Å². The molecule has 0 N–H and O–H groups in total. The Bertz CT molecular complexity index is 1600. The first kappa shape index (κ1) is 21.8. The molecule has 0 saturated carbocycles. The zero-order chi connectivity index (χ0) is 22.9. The molecule has 0 saturated heterocycles. The monoisotopic (exact) mass is 572 g/mol. The highest BCUT2D eigenvalue weighted by Gasteiger charge is 2.14. The van der Waals surface area contributed by atoms with Crippen LogP contribution in [0.3, 0.4) is 0 Å². The van der Waals surface area contributed by atoms with Crippen LogP contribution in [0.15, 0.2) is 65.5 Å². The van der Waals surface area contributed by atoms with E-state index in [4.69, 9.17) is 9.47 Å². The van der Waals surface area contributed by atoms with Gasteiger partial charge in [-0.25, -0.2) is 13.8 Å². The van der Waals surface area contributed by atoms with Crippen LogP contribution in [0.25, 0.3) is 22.1 Å². The molecule has 0 fully saturated rings. The fourth-order valence-corrected chi connectivity index (χ4v) is 5.39. The van der Waals surface area contributed by atoms with Crippen molar-refractivity contribution < 1.29 is 13.9 Å². The van der Waals surface area contributed by atoms with E-state index in [0.29, 0.717) is 27.6 Å². The number of nitrogens with zero attached hydrogens (tertiary/aromatic N) is 2. The third-order valence-corrected chi connectivity index (χ3v) is 6.82. The maximum absolute atomic E-state index is 13.5. The summed E-state index contributed by atoms with van der Waals surface area (Å²) in [5.74, 6) is 0.865. The van der Waals surface area contributed by atoms with Crippen LogP contribution in [0.5, 0.6) is 11.5 Å². The molecule has 8 heteroatoms. The summed E-state index contributed by atoms with van der Waals surface area (Å²) in [4.78, 5) is 18.3. The van der Waals surface area contributed by atoms with E-state index in [9.17, 15) is 9.18 Å². The number of halogens is 2. The van der Waals surface area contributed by atoms with Crippen LogP contribution < -0.4 is 19.6 Å². The highest BCUT2D eigenvalue weighted by atomic mass is 127. The summed E-state index contributed by atoms with van der Waals surface area (Å²) in [6.45, 7) is 2.58. The lowest BCUT2D eigenvalue weighted by molar-refractivity contribution is 0.267. The van der Waals surface area contributed by atoms with Crippen molar-refractivity contribution in [2.24, 2.45) is 0 Å². The number of thiazole rings is 1. The predicted octanol–water partition coefficient (Wildman–Crippen LogP) is 5.18. The molecule has 5 nitrogen and oxygen atoms in total. The van der Waals surface area contributed by atoms with Gasteiger partial charge in [-0.1, -0.05) is 35.6 Å². The van der Waals surface area contributed by atoms with E-state index in [2.05, 4.69) is 27.6 Å². The third-order valence-electron chi connectivity index (χ3n) is 5.05. The van der Waals surface area contributed by atoms with Gasteiger partial charge in [0.05, 0.1) is 25.7 Å². The number of hydrogen-bond acceptors (Lipinski definition) is 5. The molecule has 0 aliphatic rings. The van der Waals surface area contributed by atoms with Crippen molar-refractivity contribution in [2.45, 2.75) is 13.5 Å². The lowest BCUT2D eigenvalue weighted by Crippen LogP contribution is -2.22. The first-order valence-corrected chi connectivity index (χ1v) is 12.2. The average molecular weight is 572 g/mol. The van der Waals surface area contributed by atoms with Crippen molar-refractivity contribution in [2.75, 3.05) is 6.61 Å². The number of aromatic nitrogens is 2. The second-order valence-corrected chi connectivity index (χ2v) is 9.49. The molecule has 0 radical (unpaired) electrons. The van der Waals surface area contributed by atoms with Crippen LogP contribution in [0.4, 0.5) is 4.39 Å². The molecule has 2 heterocycles. The molecule has 0 atom stereocenters. The molecule has 0 bridgehead atoms. The molecule has 0 amide bonds. The highest BCUT2D eigenvalue weighted by Crippen LogP contribution is 2.35. The van der Waals surface area contributed by atoms with Gasteiger partial charge in [0.1, 0.15) is 12.4 Å². The lowest BCUT2D eigenvalue weighted by atomic mass is 10.2. The summed E-state index contributed by atoms with van der Waals surface area (Å²) >= 11 is 3.54. The average Bonchev–Trinajstić information content (AvgIpc) is 3.29. The van der Waals surface area contributed by atoms with Crippen molar-refractivity contribution in [1.29, 1.82) is 0 Å². The smallest absolute Gasteiger partial charge is 0.274 e. The van der Waals surface area contributed by atoms with Crippen molar-refractivity contribution >= 4 is 56.0 Å². The first-order valence-electron chi connectivity index (χ1n) is 10.3. The number of benzene rings is 3. The van der Waals surface area contributed by atoms with Gasteiger partial charge < -0.3 is 9.47 Å². The molecule has 0 unspecified atom stereocenters. The minimum Gasteiger partial charge on any atom is -0.490 e. The summed E-state index contributed by atoms with van der Waals surface area (Å²) in [7, 11) is 0. The lowest BCUT2D eigenvalue weighted by Gasteiger charge is -2.15. The minimum absolute atomic E-state index is 0.0944. The Morgan fingerprint density at radius 3 is 2.79 bits per heavy atom. The summed E-state index contributed by atoms with van der Waals surface area (Å²) in [6.07, 6.45) is 1.84. The summed E-state index contributed by atoms with van der Waals surface area (Å²) in [6, 6.07) is 17.7. The molecule has 3 aromatic carbocycles. The number of rotatable bonds is 6. The van der Waals surface area contributed by atoms with Gasteiger partial charge in [0.15, 0.2) is 16.5 Å². The van der Waals surface area contributed by atoms with Crippen molar-refractivity contribution in [3.8, 4) is 11.5 Å². The first-order chi connectivity index (χ1) is 16.0. The molecule has 0 aliphatic heterocycles. The standard InChI is InChI=1S/C25H18FIN2O3S/c1-2-31-21-12-16(11-18(27)23(21)32-14-15-6-5-7-17(26)10-15)13-22-24(30)29-20-9-4-3-8-19(20)28-25(29)33-22/h3-13H,2,14H2,1H3/b22-13-. The summed E-state index contributed by atoms with van der Waals surface area (Å²) in [5.41, 5.74) is 3.07. The summed E-state index contributed by atoms with van der Waals surface area (Å²) in [5, 5.41) is 0. The van der Waals surface area contributed by atoms with E-state index < -0.39 is 0 Å². The number of hydrogen-bond donors (Lipinski definition) is 0. The van der Waals surface area contributed by atoms with Gasteiger partial charge in [-0.15, -0.1) is 0 Å². The molecule has 33 heavy (non-hydrogen) atoms. The highest BCUT2D eigenvalue weighted by molar-refractivity contribution is 14.1.